The molecule has 2 fully saturated rings. The van der Waals surface area contributed by atoms with Crippen molar-refractivity contribution in [3.05, 3.63) is 0 Å². The molecule has 4 unspecified atom stereocenters. The van der Waals surface area contributed by atoms with Crippen molar-refractivity contribution >= 4 is 0 Å². The summed E-state index contributed by atoms with van der Waals surface area (Å²) in [6.07, 6.45) is 1.39. The van der Waals surface area contributed by atoms with E-state index < -0.39 is 6.10 Å². The highest BCUT2D eigenvalue weighted by Crippen LogP contribution is 2.38. The number of aliphatic hydroxyl groups excluding tert-OH is 1. The van der Waals surface area contributed by atoms with Gasteiger partial charge in [-0.1, -0.05) is 41.5 Å². The quantitative estimate of drug-likeness (QED) is 0.856. The van der Waals surface area contributed by atoms with Crippen molar-refractivity contribution in [2.45, 2.75) is 98.1 Å². The second-order valence-corrected chi connectivity index (χ2v) is 7.77. The van der Waals surface area contributed by atoms with Crippen molar-refractivity contribution in [2.75, 3.05) is 0 Å². The van der Waals surface area contributed by atoms with E-state index >= 15 is 0 Å². The molecule has 0 aromatic rings. The molecular weight excluding hydrogens is 292 g/mol. The Bertz CT molecular complexity index is 370. The van der Waals surface area contributed by atoms with Crippen molar-refractivity contribution in [1.82, 2.24) is 0 Å². The van der Waals surface area contributed by atoms with Crippen LogP contribution in [0.2, 0.25) is 0 Å². The van der Waals surface area contributed by atoms with E-state index in [4.69, 9.17) is 14.2 Å². The van der Waals surface area contributed by atoms with E-state index in [0.717, 1.165) is 12.8 Å². The molecule has 0 bridgehead atoms. The molecule has 2 saturated heterocycles. The minimum absolute atomic E-state index is 0.0543. The summed E-state index contributed by atoms with van der Waals surface area (Å²) < 4.78 is 18.8. The highest BCUT2D eigenvalue weighted by molar-refractivity contribution is 4.90. The lowest BCUT2D eigenvalue weighted by molar-refractivity contribution is -0.307. The average molecular weight is 328 g/mol. The molecular formula is C19H36O4. The maximum Gasteiger partial charge on any atom is 0.161 e. The van der Waals surface area contributed by atoms with E-state index in [1.165, 1.54) is 0 Å². The Kier molecular flexibility index (Phi) is 6.51. The first-order valence-electron chi connectivity index (χ1n) is 9.46. The SMILES string of the molecule is CCC1O[C@H](C)C(C)[C@H](C)[C@@H]1O[C@@H]1OC(CC)[C@H](O)[C@H](C)C1C. The van der Waals surface area contributed by atoms with Crippen LogP contribution < -0.4 is 0 Å². The summed E-state index contributed by atoms with van der Waals surface area (Å²) >= 11 is 0. The fraction of sp³-hybridized carbons (Fsp3) is 1.00. The van der Waals surface area contributed by atoms with E-state index in [-0.39, 0.29) is 42.5 Å². The van der Waals surface area contributed by atoms with Gasteiger partial charge in [0.25, 0.3) is 0 Å². The molecule has 23 heavy (non-hydrogen) atoms. The summed E-state index contributed by atoms with van der Waals surface area (Å²) in [6.45, 7) is 15.1. The highest BCUT2D eigenvalue weighted by atomic mass is 16.7. The van der Waals surface area contributed by atoms with Gasteiger partial charge in [-0.05, 0) is 37.5 Å². The van der Waals surface area contributed by atoms with E-state index in [1.54, 1.807) is 0 Å². The van der Waals surface area contributed by atoms with E-state index in [9.17, 15) is 5.11 Å². The maximum atomic E-state index is 10.4. The molecule has 2 rings (SSSR count). The molecule has 0 amide bonds. The molecule has 0 saturated carbocycles. The lowest BCUT2D eigenvalue weighted by Crippen LogP contribution is -2.55. The largest absolute Gasteiger partial charge is 0.390 e. The summed E-state index contributed by atoms with van der Waals surface area (Å²) in [5.41, 5.74) is 0. The topological polar surface area (TPSA) is 47.9 Å². The van der Waals surface area contributed by atoms with Crippen LogP contribution in [0.4, 0.5) is 0 Å². The van der Waals surface area contributed by atoms with Gasteiger partial charge < -0.3 is 19.3 Å². The fourth-order valence-corrected chi connectivity index (χ4v) is 4.01. The monoisotopic (exact) mass is 328 g/mol. The maximum absolute atomic E-state index is 10.4. The zero-order valence-electron chi connectivity index (χ0n) is 15.9. The Balaban J connectivity index is 2.11. The summed E-state index contributed by atoms with van der Waals surface area (Å²) in [6, 6.07) is 0. The Labute approximate surface area is 141 Å². The van der Waals surface area contributed by atoms with Crippen LogP contribution in [0, 0.1) is 23.7 Å². The van der Waals surface area contributed by atoms with Gasteiger partial charge in [0.05, 0.1) is 30.5 Å². The smallest absolute Gasteiger partial charge is 0.161 e. The lowest BCUT2D eigenvalue weighted by Gasteiger charge is -2.48. The minimum Gasteiger partial charge on any atom is -0.390 e. The zero-order valence-corrected chi connectivity index (χ0v) is 15.9. The van der Waals surface area contributed by atoms with Crippen LogP contribution >= 0.6 is 0 Å². The van der Waals surface area contributed by atoms with E-state index in [2.05, 4.69) is 48.5 Å². The Morgan fingerprint density at radius 2 is 1.39 bits per heavy atom. The van der Waals surface area contributed by atoms with E-state index in [0.29, 0.717) is 11.8 Å². The summed E-state index contributed by atoms with van der Waals surface area (Å²) in [5, 5.41) is 10.4. The first-order chi connectivity index (χ1) is 10.8. The van der Waals surface area contributed by atoms with Crippen LogP contribution in [0.3, 0.4) is 0 Å². The van der Waals surface area contributed by atoms with Gasteiger partial charge in [0.2, 0.25) is 0 Å². The molecule has 0 spiro atoms. The number of aliphatic hydroxyl groups is 1. The summed E-state index contributed by atoms with van der Waals surface area (Å²) in [4.78, 5) is 0. The Morgan fingerprint density at radius 3 is 1.96 bits per heavy atom. The third-order valence-electron chi connectivity index (χ3n) is 6.43. The van der Waals surface area contributed by atoms with Crippen molar-refractivity contribution < 1.29 is 19.3 Å². The molecule has 0 aromatic heterocycles. The predicted octanol–water partition coefficient (Wildman–Crippen LogP) is 3.61. The number of ether oxygens (including phenoxy) is 3. The van der Waals surface area contributed by atoms with Crippen molar-refractivity contribution in [3.8, 4) is 0 Å². The van der Waals surface area contributed by atoms with Gasteiger partial charge in [-0.25, -0.2) is 0 Å². The van der Waals surface area contributed by atoms with Gasteiger partial charge in [0.1, 0.15) is 0 Å². The van der Waals surface area contributed by atoms with E-state index in [1.807, 2.05) is 0 Å². The van der Waals surface area contributed by atoms with Crippen LogP contribution in [0.15, 0.2) is 0 Å². The van der Waals surface area contributed by atoms with Crippen LogP contribution in [0.1, 0.15) is 61.3 Å². The number of hydrogen-bond donors (Lipinski definition) is 1. The molecule has 0 aromatic carbocycles. The third-order valence-corrected chi connectivity index (χ3v) is 6.43. The van der Waals surface area contributed by atoms with Crippen LogP contribution in [0.5, 0.6) is 0 Å². The molecule has 2 aliphatic heterocycles. The number of hydrogen-bond acceptors (Lipinski definition) is 4. The number of rotatable bonds is 4. The van der Waals surface area contributed by atoms with Gasteiger partial charge in [-0.3, -0.25) is 0 Å². The first-order valence-corrected chi connectivity index (χ1v) is 9.46. The molecule has 4 heteroatoms. The normalized spacial score (nSPS) is 51.7. The van der Waals surface area contributed by atoms with Crippen molar-refractivity contribution in [1.29, 1.82) is 0 Å². The minimum atomic E-state index is -0.407. The third kappa shape index (κ3) is 3.76. The summed E-state index contributed by atoms with van der Waals surface area (Å²) in [7, 11) is 0. The molecule has 1 N–H and O–H groups in total. The standard InChI is InChI=1S/C19H36O4/c1-8-15-17(20)11(4)13(6)19(22-15)23-18-12(5)10(3)14(7)21-16(18)9-2/h10-20H,8-9H2,1-7H3/t10?,11-,12+,13?,14-,15?,16?,17-,18+,19+/m1/s1. The second kappa shape index (κ2) is 7.81. The molecule has 4 nitrogen and oxygen atoms in total. The van der Waals surface area contributed by atoms with Crippen LogP contribution in [-0.4, -0.2) is 41.9 Å². The van der Waals surface area contributed by atoms with Gasteiger partial charge >= 0.3 is 0 Å². The van der Waals surface area contributed by atoms with Crippen molar-refractivity contribution in [3.63, 3.8) is 0 Å². The molecule has 0 aliphatic carbocycles. The summed E-state index contributed by atoms with van der Waals surface area (Å²) in [5.74, 6) is 1.25. The van der Waals surface area contributed by atoms with Gasteiger partial charge in [0, 0.05) is 5.92 Å². The van der Waals surface area contributed by atoms with Gasteiger partial charge in [-0.2, -0.15) is 0 Å². The van der Waals surface area contributed by atoms with Crippen LogP contribution in [-0.2, 0) is 14.2 Å². The molecule has 2 heterocycles. The van der Waals surface area contributed by atoms with Gasteiger partial charge in [-0.15, -0.1) is 0 Å². The molecule has 10 atom stereocenters. The first kappa shape index (κ1) is 19.2. The van der Waals surface area contributed by atoms with Crippen LogP contribution in [0.25, 0.3) is 0 Å². The highest BCUT2D eigenvalue weighted by Gasteiger charge is 2.45. The Hall–Kier alpha value is -0.160. The average Bonchev–Trinajstić information content (AvgIpc) is 2.55. The second-order valence-electron chi connectivity index (χ2n) is 7.77. The zero-order chi connectivity index (χ0) is 17.3. The molecule has 0 radical (unpaired) electrons. The molecule has 136 valence electrons. The fourth-order valence-electron chi connectivity index (χ4n) is 4.01. The Morgan fingerprint density at radius 1 is 0.783 bits per heavy atom. The lowest BCUT2D eigenvalue weighted by atomic mass is 9.80. The van der Waals surface area contributed by atoms with Gasteiger partial charge in [0.15, 0.2) is 6.29 Å². The van der Waals surface area contributed by atoms with Crippen molar-refractivity contribution in [2.24, 2.45) is 23.7 Å². The molecule has 2 aliphatic rings. The predicted molar refractivity (Wildman–Crippen MR) is 91.1 cm³/mol.